The minimum absolute atomic E-state index is 0.0497. The molecule has 1 saturated carbocycles. The van der Waals surface area contributed by atoms with E-state index in [9.17, 15) is 9.59 Å². The van der Waals surface area contributed by atoms with Crippen LogP contribution in [-0.2, 0) is 11.3 Å². The van der Waals surface area contributed by atoms with E-state index in [0.717, 1.165) is 5.56 Å². The highest BCUT2D eigenvalue weighted by atomic mass is 16.4. The second kappa shape index (κ2) is 6.01. The summed E-state index contributed by atoms with van der Waals surface area (Å²) in [6, 6.07) is 9.18. The van der Waals surface area contributed by atoms with Crippen molar-refractivity contribution in [1.82, 2.24) is 15.1 Å². The van der Waals surface area contributed by atoms with Crippen LogP contribution in [0.1, 0.15) is 28.8 Å². The Balaban J connectivity index is 1.66. The van der Waals surface area contributed by atoms with Gasteiger partial charge in [-0.2, -0.15) is 5.10 Å². The van der Waals surface area contributed by atoms with Crippen LogP contribution < -0.4 is 5.32 Å². The van der Waals surface area contributed by atoms with Crippen molar-refractivity contribution < 1.29 is 14.7 Å². The van der Waals surface area contributed by atoms with Crippen molar-refractivity contribution in [3.05, 3.63) is 53.9 Å². The highest BCUT2D eigenvalue weighted by Gasteiger charge is 2.35. The number of nitrogens with one attached hydrogen (secondary N) is 1. The van der Waals surface area contributed by atoms with E-state index in [4.69, 9.17) is 5.11 Å². The van der Waals surface area contributed by atoms with E-state index < -0.39 is 5.97 Å². The number of carbonyl (C=O) groups is 2. The number of hydrogen-bond acceptors (Lipinski definition) is 3. The number of nitrogens with zero attached hydrogens (tertiary/aromatic N) is 2. The van der Waals surface area contributed by atoms with E-state index in [2.05, 4.69) is 10.4 Å². The van der Waals surface area contributed by atoms with Gasteiger partial charge in [-0.3, -0.25) is 14.3 Å². The lowest BCUT2D eigenvalue weighted by atomic mass is 9.80. The van der Waals surface area contributed by atoms with E-state index in [1.807, 2.05) is 30.5 Å². The molecule has 1 aliphatic rings. The first-order chi connectivity index (χ1) is 10.6. The first-order valence-corrected chi connectivity index (χ1v) is 7.22. The maximum Gasteiger partial charge on any atom is 0.306 e. The number of amides is 1. The van der Waals surface area contributed by atoms with Crippen LogP contribution in [0, 0.1) is 5.92 Å². The van der Waals surface area contributed by atoms with E-state index >= 15 is 0 Å². The molecule has 3 rings (SSSR count). The minimum Gasteiger partial charge on any atom is -0.481 e. The van der Waals surface area contributed by atoms with Crippen molar-refractivity contribution in [2.24, 2.45) is 5.92 Å². The van der Waals surface area contributed by atoms with Crippen LogP contribution >= 0.6 is 0 Å². The van der Waals surface area contributed by atoms with Crippen LogP contribution in [0.3, 0.4) is 0 Å². The van der Waals surface area contributed by atoms with Gasteiger partial charge < -0.3 is 10.4 Å². The van der Waals surface area contributed by atoms with Crippen LogP contribution in [0.25, 0.3) is 0 Å². The van der Waals surface area contributed by atoms with Crippen LogP contribution in [-0.4, -0.2) is 32.8 Å². The summed E-state index contributed by atoms with van der Waals surface area (Å²) < 4.78 is 1.76. The molecule has 6 heteroatoms. The number of hydrogen-bond donors (Lipinski definition) is 2. The quantitative estimate of drug-likeness (QED) is 0.877. The molecule has 0 saturated heterocycles. The van der Waals surface area contributed by atoms with Gasteiger partial charge in [-0.15, -0.1) is 0 Å². The third-order valence-electron chi connectivity index (χ3n) is 3.98. The Morgan fingerprint density at radius 2 is 2.05 bits per heavy atom. The van der Waals surface area contributed by atoms with Gasteiger partial charge in [-0.1, -0.05) is 18.2 Å². The Labute approximate surface area is 127 Å². The predicted octanol–water partition coefficient (Wildman–Crippen LogP) is 1.52. The summed E-state index contributed by atoms with van der Waals surface area (Å²) >= 11 is 0. The molecular weight excluding hydrogens is 282 g/mol. The third kappa shape index (κ3) is 3.00. The molecule has 1 aromatic carbocycles. The zero-order chi connectivity index (χ0) is 15.5. The van der Waals surface area contributed by atoms with Crippen molar-refractivity contribution in [3.63, 3.8) is 0 Å². The van der Waals surface area contributed by atoms with Crippen molar-refractivity contribution in [2.75, 3.05) is 0 Å². The van der Waals surface area contributed by atoms with Gasteiger partial charge in [0.2, 0.25) is 0 Å². The lowest BCUT2D eigenvalue weighted by molar-refractivity contribution is -0.145. The Hall–Kier alpha value is -2.63. The number of aliphatic carboxylic acids is 1. The molecular formula is C16H17N3O3. The summed E-state index contributed by atoms with van der Waals surface area (Å²) in [6.45, 7) is 0.527. The average molecular weight is 299 g/mol. The van der Waals surface area contributed by atoms with E-state index in [1.165, 1.54) is 0 Å². The second-order valence-electron chi connectivity index (χ2n) is 5.54. The molecule has 22 heavy (non-hydrogen) atoms. The molecule has 0 radical (unpaired) electrons. The molecule has 1 aromatic heterocycles. The maximum atomic E-state index is 12.4. The zero-order valence-electron chi connectivity index (χ0n) is 12.0. The fourth-order valence-corrected chi connectivity index (χ4v) is 2.65. The standard InChI is InChI=1S/C16H17N3O3/c20-15(18-13-8-12(9-13)16(21)22)14-5-2-1-4-11(14)10-19-7-3-6-17-19/h1-7,12-13H,8-10H2,(H,18,20)(H,21,22). The van der Waals surface area contributed by atoms with Gasteiger partial charge in [-0.05, 0) is 30.5 Å². The van der Waals surface area contributed by atoms with Crippen LogP contribution in [0.4, 0.5) is 0 Å². The Morgan fingerprint density at radius 3 is 2.73 bits per heavy atom. The summed E-state index contributed by atoms with van der Waals surface area (Å²) in [7, 11) is 0. The van der Waals surface area contributed by atoms with Gasteiger partial charge in [0, 0.05) is 24.0 Å². The highest BCUT2D eigenvalue weighted by molar-refractivity contribution is 5.96. The summed E-state index contributed by atoms with van der Waals surface area (Å²) in [6.07, 6.45) is 4.55. The third-order valence-corrected chi connectivity index (χ3v) is 3.98. The molecule has 1 amide bonds. The fraction of sp³-hybridized carbons (Fsp3) is 0.312. The van der Waals surface area contributed by atoms with Gasteiger partial charge in [0.1, 0.15) is 0 Å². The monoisotopic (exact) mass is 299 g/mol. The van der Waals surface area contributed by atoms with E-state index in [-0.39, 0.29) is 17.9 Å². The first-order valence-electron chi connectivity index (χ1n) is 7.22. The van der Waals surface area contributed by atoms with Crippen molar-refractivity contribution in [3.8, 4) is 0 Å². The van der Waals surface area contributed by atoms with Crippen LogP contribution in [0.5, 0.6) is 0 Å². The van der Waals surface area contributed by atoms with Gasteiger partial charge in [0.25, 0.3) is 5.91 Å². The Morgan fingerprint density at radius 1 is 1.27 bits per heavy atom. The molecule has 0 unspecified atom stereocenters. The molecule has 2 aromatic rings. The molecule has 0 spiro atoms. The van der Waals surface area contributed by atoms with Gasteiger partial charge >= 0.3 is 5.97 Å². The number of benzene rings is 1. The summed E-state index contributed by atoms with van der Waals surface area (Å²) in [5, 5.41) is 15.9. The number of carboxylic acid groups (broad SMARTS) is 1. The summed E-state index contributed by atoms with van der Waals surface area (Å²) in [5.74, 6) is -1.27. The number of rotatable bonds is 5. The Bertz CT molecular complexity index is 676. The number of carboxylic acids is 1. The normalized spacial score (nSPS) is 20.2. The lowest BCUT2D eigenvalue weighted by Gasteiger charge is -2.33. The molecule has 0 atom stereocenters. The molecule has 114 valence electrons. The highest BCUT2D eigenvalue weighted by Crippen LogP contribution is 2.27. The lowest BCUT2D eigenvalue weighted by Crippen LogP contribution is -2.46. The number of aromatic nitrogens is 2. The molecule has 1 fully saturated rings. The van der Waals surface area contributed by atoms with Crippen molar-refractivity contribution >= 4 is 11.9 Å². The minimum atomic E-state index is -0.787. The second-order valence-corrected chi connectivity index (χ2v) is 5.54. The van der Waals surface area contributed by atoms with Crippen molar-refractivity contribution in [2.45, 2.75) is 25.4 Å². The smallest absolute Gasteiger partial charge is 0.306 e. The zero-order valence-corrected chi connectivity index (χ0v) is 12.0. The number of carbonyl (C=O) groups excluding carboxylic acids is 1. The van der Waals surface area contributed by atoms with E-state index in [1.54, 1.807) is 16.9 Å². The van der Waals surface area contributed by atoms with Crippen molar-refractivity contribution in [1.29, 1.82) is 0 Å². The molecule has 0 bridgehead atoms. The topological polar surface area (TPSA) is 84.2 Å². The SMILES string of the molecule is O=C(NC1CC(C(=O)O)C1)c1ccccc1Cn1cccn1. The average Bonchev–Trinajstić information content (AvgIpc) is 2.95. The summed E-state index contributed by atoms with van der Waals surface area (Å²) in [5.41, 5.74) is 1.49. The summed E-state index contributed by atoms with van der Waals surface area (Å²) in [4.78, 5) is 23.2. The van der Waals surface area contributed by atoms with Gasteiger partial charge in [-0.25, -0.2) is 0 Å². The van der Waals surface area contributed by atoms with Gasteiger partial charge in [0.05, 0.1) is 12.5 Å². The molecule has 1 aliphatic carbocycles. The largest absolute Gasteiger partial charge is 0.481 e. The predicted molar refractivity (Wildman–Crippen MR) is 79.4 cm³/mol. The van der Waals surface area contributed by atoms with Gasteiger partial charge in [0.15, 0.2) is 0 Å². The molecule has 6 nitrogen and oxygen atoms in total. The molecule has 1 heterocycles. The first kappa shape index (κ1) is 14.3. The molecule has 2 N–H and O–H groups in total. The fourth-order valence-electron chi connectivity index (χ4n) is 2.65. The maximum absolute atomic E-state index is 12.4. The Kier molecular flexibility index (Phi) is 3.91. The molecule has 0 aliphatic heterocycles. The van der Waals surface area contributed by atoms with Crippen LogP contribution in [0.15, 0.2) is 42.7 Å². The van der Waals surface area contributed by atoms with Crippen LogP contribution in [0.2, 0.25) is 0 Å². The van der Waals surface area contributed by atoms with E-state index in [0.29, 0.717) is 24.9 Å².